The summed E-state index contributed by atoms with van der Waals surface area (Å²) in [4.78, 5) is 12.3. The molecule has 128 valence electrons. The number of amides is 1. The van der Waals surface area contributed by atoms with Crippen LogP contribution in [0.25, 0.3) is 0 Å². The molecule has 0 heterocycles. The van der Waals surface area contributed by atoms with Crippen molar-refractivity contribution in [3.63, 3.8) is 0 Å². The Balaban J connectivity index is 1.97. The van der Waals surface area contributed by atoms with Crippen LogP contribution in [0.5, 0.6) is 5.75 Å². The highest BCUT2D eigenvalue weighted by Gasteiger charge is 2.14. The second-order valence-electron chi connectivity index (χ2n) is 5.98. The standard InChI is InChI=1S/C20H25NO3/c1-14(2)24-17-11-9-16(10-12-17)20(22)21-13-19(23-4)18-8-6-5-7-15(18)3/h5-12,14,19H,13H2,1-4H3,(H,21,22). The van der Waals surface area contributed by atoms with E-state index in [1.165, 1.54) is 0 Å². The molecule has 0 aliphatic heterocycles. The van der Waals surface area contributed by atoms with E-state index in [1.807, 2.05) is 57.2 Å². The number of carbonyl (C=O) groups is 1. The van der Waals surface area contributed by atoms with Crippen LogP contribution in [0.3, 0.4) is 0 Å². The lowest BCUT2D eigenvalue weighted by Gasteiger charge is -2.18. The van der Waals surface area contributed by atoms with E-state index in [4.69, 9.17) is 9.47 Å². The van der Waals surface area contributed by atoms with E-state index in [2.05, 4.69) is 5.32 Å². The summed E-state index contributed by atoms with van der Waals surface area (Å²) in [5, 5.41) is 2.93. The van der Waals surface area contributed by atoms with E-state index >= 15 is 0 Å². The summed E-state index contributed by atoms with van der Waals surface area (Å²) in [6.07, 6.45) is -0.0556. The Morgan fingerprint density at radius 1 is 1.08 bits per heavy atom. The molecule has 1 amide bonds. The molecule has 2 rings (SSSR count). The van der Waals surface area contributed by atoms with Gasteiger partial charge in [-0.3, -0.25) is 4.79 Å². The van der Waals surface area contributed by atoms with Gasteiger partial charge in [0.05, 0.1) is 12.2 Å². The predicted molar refractivity (Wildman–Crippen MR) is 95.5 cm³/mol. The molecule has 2 aromatic rings. The average Bonchev–Trinajstić information content (AvgIpc) is 2.56. The van der Waals surface area contributed by atoms with Gasteiger partial charge in [-0.1, -0.05) is 24.3 Å². The van der Waals surface area contributed by atoms with Gasteiger partial charge in [0.15, 0.2) is 0 Å². The van der Waals surface area contributed by atoms with Crippen LogP contribution in [0, 0.1) is 6.92 Å². The molecule has 0 aliphatic carbocycles. The molecule has 1 atom stereocenters. The van der Waals surface area contributed by atoms with Crippen molar-refractivity contribution in [1.29, 1.82) is 0 Å². The molecule has 0 fully saturated rings. The number of ether oxygens (including phenoxy) is 2. The van der Waals surface area contributed by atoms with Crippen molar-refractivity contribution in [3.05, 3.63) is 65.2 Å². The van der Waals surface area contributed by atoms with Gasteiger partial charge >= 0.3 is 0 Å². The Morgan fingerprint density at radius 3 is 2.33 bits per heavy atom. The lowest BCUT2D eigenvalue weighted by molar-refractivity contribution is 0.0826. The summed E-state index contributed by atoms with van der Waals surface area (Å²) in [5.41, 5.74) is 2.83. The Bertz CT molecular complexity index is 665. The number of hydrogen-bond donors (Lipinski definition) is 1. The van der Waals surface area contributed by atoms with Crippen molar-refractivity contribution in [2.45, 2.75) is 33.0 Å². The van der Waals surface area contributed by atoms with Gasteiger partial charge in [-0.05, 0) is 56.2 Å². The number of methoxy groups -OCH3 is 1. The van der Waals surface area contributed by atoms with Gasteiger partial charge in [0.2, 0.25) is 0 Å². The molecular weight excluding hydrogens is 302 g/mol. The zero-order chi connectivity index (χ0) is 17.5. The van der Waals surface area contributed by atoms with Crippen LogP contribution in [-0.2, 0) is 4.74 Å². The molecule has 0 bridgehead atoms. The van der Waals surface area contributed by atoms with Crippen molar-refractivity contribution in [3.8, 4) is 5.75 Å². The quantitative estimate of drug-likeness (QED) is 0.839. The Morgan fingerprint density at radius 2 is 1.75 bits per heavy atom. The zero-order valence-corrected chi connectivity index (χ0v) is 14.7. The number of carbonyl (C=O) groups excluding carboxylic acids is 1. The SMILES string of the molecule is COC(CNC(=O)c1ccc(OC(C)C)cc1)c1ccccc1C. The highest BCUT2D eigenvalue weighted by Crippen LogP contribution is 2.20. The number of hydrogen-bond acceptors (Lipinski definition) is 3. The molecule has 0 aromatic heterocycles. The van der Waals surface area contributed by atoms with Gasteiger partial charge in [-0.15, -0.1) is 0 Å². The van der Waals surface area contributed by atoms with Gasteiger partial charge in [-0.25, -0.2) is 0 Å². The molecule has 1 unspecified atom stereocenters. The normalized spacial score (nSPS) is 12.0. The van der Waals surface area contributed by atoms with Crippen LogP contribution in [0.15, 0.2) is 48.5 Å². The van der Waals surface area contributed by atoms with Crippen LogP contribution < -0.4 is 10.1 Å². The fourth-order valence-corrected chi connectivity index (χ4v) is 2.51. The summed E-state index contributed by atoms with van der Waals surface area (Å²) >= 11 is 0. The Labute approximate surface area is 143 Å². The van der Waals surface area contributed by atoms with E-state index in [0.717, 1.165) is 16.9 Å². The maximum absolute atomic E-state index is 12.3. The van der Waals surface area contributed by atoms with Crippen LogP contribution in [0.4, 0.5) is 0 Å². The van der Waals surface area contributed by atoms with Gasteiger partial charge in [0.1, 0.15) is 5.75 Å². The maximum Gasteiger partial charge on any atom is 0.251 e. The summed E-state index contributed by atoms with van der Waals surface area (Å²) in [6.45, 7) is 6.40. The first-order chi connectivity index (χ1) is 11.5. The first-order valence-electron chi connectivity index (χ1n) is 8.14. The Hall–Kier alpha value is -2.33. The molecule has 0 saturated heterocycles. The second-order valence-corrected chi connectivity index (χ2v) is 5.98. The molecule has 0 saturated carbocycles. The molecule has 4 heteroatoms. The van der Waals surface area contributed by atoms with Crippen molar-refractivity contribution in [1.82, 2.24) is 5.32 Å². The van der Waals surface area contributed by atoms with E-state index in [0.29, 0.717) is 12.1 Å². The van der Waals surface area contributed by atoms with E-state index < -0.39 is 0 Å². The van der Waals surface area contributed by atoms with Gasteiger partial charge < -0.3 is 14.8 Å². The number of aryl methyl sites for hydroxylation is 1. The van der Waals surface area contributed by atoms with Crippen LogP contribution in [0.2, 0.25) is 0 Å². The molecule has 0 radical (unpaired) electrons. The molecule has 4 nitrogen and oxygen atoms in total. The topological polar surface area (TPSA) is 47.6 Å². The highest BCUT2D eigenvalue weighted by atomic mass is 16.5. The number of nitrogens with one attached hydrogen (secondary N) is 1. The summed E-state index contributed by atoms with van der Waals surface area (Å²) in [5.74, 6) is 0.637. The summed E-state index contributed by atoms with van der Waals surface area (Å²) in [7, 11) is 1.65. The molecule has 0 spiro atoms. The largest absolute Gasteiger partial charge is 0.491 e. The number of benzene rings is 2. The monoisotopic (exact) mass is 327 g/mol. The first kappa shape index (κ1) is 18.0. The Kier molecular flexibility index (Phi) is 6.38. The van der Waals surface area contributed by atoms with Crippen LogP contribution in [-0.4, -0.2) is 25.7 Å². The average molecular weight is 327 g/mol. The molecule has 0 aliphatic rings. The first-order valence-corrected chi connectivity index (χ1v) is 8.14. The summed E-state index contributed by atoms with van der Waals surface area (Å²) < 4.78 is 11.1. The lowest BCUT2D eigenvalue weighted by atomic mass is 10.0. The third kappa shape index (κ3) is 4.83. The summed E-state index contributed by atoms with van der Waals surface area (Å²) in [6, 6.07) is 15.2. The highest BCUT2D eigenvalue weighted by molar-refractivity contribution is 5.94. The lowest BCUT2D eigenvalue weighted by Crippen LogP contribution is -2.29. The smallest absolute Gasteiger partial charge is 0.251 e. The molecule has 24 heavy (non-hydrogen) atoms. The van der Waals surface area contributed by atoms with Gasteiger partial charge in [0, 0.05) is 19.2 Å². The van der Waals surface area contributed by atoms with Gasteiger partial charge in [0.25, 0.3) is 5.91 Å². The van der Waals surface area contributed by atoms with Crippen molar-refractivity contribution in [2.24, 2.45) is 0 Å². The van der Waals surface area contributed by atoms with Crippen molar-refractivity contribution < 1.29 is 14.3 Å². The van der Waals surface area contributed by atoms with Crippen LogP contribution >= 0.6 is 0 Å². The molecule has 2 aromatic carbocycles. The minimum absolute atomic E-state index is 0.112. The molecule has 1 N–H and O–H groups in total. The minimum atomic E-state index is -0.168. The second kappa shape index (κ2) is 8.50. The van der Waals surface area contributed by atoms with Crippen molar-refractivity contribution >= 4 is 5.91 Å². The third-order valence-corrected chi connectivity index (χ3v) is 3.76. The third-order valence-electron chi connectivity index (χ3n) is 3.76. The van der Waals surface area contributed by atoms with Gasteiger partial charge in [-0.2, -0.15) is 0 Å². The molecular formula is C20H25NO3. The fourth-order valence-electron chi connectivity index (χ4n) is 2.51. The van der Waals surface area contributed by atoms with E-state index in [1.54, 1.807) is 19.2 Å². The van der Waals surface area contributed by atoms with Crippen molar-refractivity contribution in [2.75, 3.05) is 13.7 Å². The predicted octanol–water partition coefficient (Wildman–Crippen LogP) is 3.90. The van der Waals surface area contributed by atoms with E-state index in [9.17, 15) is 4.79 Å². The van der Waals surface area contributed by atoms with E-state index in [-0.39, 0.29) is 18.1 Å². The minimum Gasteiger partial charge on any atom is -0.491 e. The number of rotatable bonds is 7. The van der Waals surface area contributed by atoms with Crippen LogP contribution in [0.1, 0.15) is 41.4 Å². The fraction of sp³-hybridized carbons (Fsp3) is 0.350. The zero-order valence-electron chi connectivity index (χ0n) is 14.7. The maximum atomic E-state index is 12.3.